The Morgan fingerprint density at radius 2 is 2.10 bits per heavy atom. The fourth-order valence-electron chi connectivity index (χ4n) is 1.57. The van der Waals surface area contributed by atoms with Crippen LogP contribution in [0.3, 0.4) is 0 Å². The van der Waals surface area contributed by atoms with Crippen molar-refractivity contribution in [2.45, 2.75) is 25.8 Å². The normalized spacial score (nSPS) is 11.0. The van der Waals surface area contributed by atoms with E-state index < -0.39 is 23.2 Å². The molecule has 0 spiro atoms. The average molecular weight is 304 g/mol. The monoisotopic (exact) mass is 303 g/mol. The molecule has 0 fully saturated rings. The molecule has 0 atom stereocenters. The summed E-state index contributed by atoms with van der Waals surface area (Å²) in [6, 6.07) is 3.55. The summed E-state index contributed by atoms with van der Waals surface area (Å²) in [7, 11) is 0. The minimum Gasteiger partial charge on any atom is -0.482 e. The molecule has 0 radical (unpaired) electrons. The first-order chi connectivity index (χ1) is 9.19. The number of hydrogen-bond donors (Lipinski definition) is 2. The number of ether oxygens (including phenoxy) is 1. The predicted octanol–water partition coefficient (Wildman–Crippen LogP) is 2.23. The third-order valence-electron chi connectivity index (χ3n) is 2.32. The third kappa shape index (κ3) is 5.44. The maximum absolute atomic E-state index is 12.8. The molecule has 0 heterocycles. The molecule has 0 unspecified atom stereocenters. The molecule has 0 aliphatic heterocycles. The Morgan fingerprint density at radius 1 is 1.45 bits per heavy atom. The van der Waals surface area contributed by atoms with Crippen LogP contribution in [0, 0.1) is 5.82 Å². The van der Waals surface area contributed by atoms with E-state index in [9.17, 15) is 14.0 Å². The summed E-state index contributed by atoms with van der Waals surface area (Å²) in [5.74, 6) is -1.83. The highest BCUT2D eigenvalue weighted by Crippen LogP contribution is 2.24. The van der Waals surface area contributed by atoms with E-state index in [0.29, 0.717) is 0 Å². The molecular weight excluding hydrogens is 289 g/mol. The number of carbonyl (C=O) groups excluding carboxylic acids is 1. The summed E-state index contributed by atoms with van der Waals surface area (Å²) >= 11 is 5.74. The van der Waals surface area contributed by atoms with Gasteiger partial charge in [0.1, 0.15) is 11.6 Å². The van der Waals surface area contributed by atoms with Gasteiger partial charge in [-0.25, -0.2) is 4.39 Å². The zero-order chi connectivity index (χ0) is 15.3. The van der Waals surface area contributed by atoms with Crippen LogP contribution < -0.4 is 10.1 Å². The molecule has 1 aromatic carbocycles. The first-order valence-electron chi connectivity index (χ1n) is 5.80. The Kier molecular flexibility index (Phi) is 5.33. The molecule has 5 nitrogen and oxygen atoms in total. The van der Waals surface area contributed by atoms with Crippen LogP contribution in [0.1, 0.15) is 20.3 Å². The summed E-state index contributed by atoms with van der Waals surface area (Å²) in [6.07, 6.45) is -0.212. The number of carboxylic acid groups (broad SMARTS) is 1. The van der Waals surface area contributed by atoms with Gasteiger partial charge in [0.25, 0.3) is 5.91 Å². The van der Waals surface area contributed by atoms with Crippen LogP contribution in [0.25, 0.3) is 0 Å². The lowest BCUT2D eigenvalue weighted by Crippen LogP contribution is -2.46. The zero-order valence-electron chi connectivity index (χ0n) is 11.1. The van der Waals surface area contributed by atoms with Crippen molar-refractivity contribution >= 4 is 23.5 Å². The molecule has 110 valence electrons. The topological polar surface area (TPSA) is 75.6 Å². The van der Waals surface area contributed by atoms with Crippen LogP contribution in [-0.4, -0.2) is 29.1 Å². The molecule has 2 N–H and O–H groups in total. The summed E-state index contributed by atoms with van der Waals surface area (Å²) in [5, 5.41) is 11.3. The van der Waals surface area contributed by atoms with Crippen LogP contribution in [0.2, 0.25) is 5.02 Å². The van der Waals surface area contributed by atoms with Gasteiger partial charge in [0, 0.05) is 5.54 Å². The lowest BCUT2D eigenvalue weighted by molar-refractivity contribution is -0.138. The molecule has 1 amide bonds. The number of amides is 1. The van der Waals surface area contributed by atoms with Crippen molar-refractivity contribution in [3.63, 3.8) is 0 Å². The molecule has 0 aromatic heterocycles. The van der Waals surface area contributed by atoms with E-state index in [0.717, 1.165) is 12.1 Å². The Morgan fingerprint density at radius 3 is 2.65 bits per heavy atom. The third-order valence-corrected chi connectivity index (χ3v) is 2.62. The Bertz CT molecular complexity index is 519. The van der Waals surface area contributed by atoms with E-state index in [1.54, 1.807) is 13.8 Å². The van der Waals surface area contributed by atoms with E-state index in [4.69, 9.17) is 21.4 Å². The van der Waals surface area contributed by atoms with Gasteiger partial charge in [-0.15, -0.1) is 0 Å². The van der Waals surface area contributed by atoms with Gasteiger partial charge in [-0.3, -0.25) is 9.59 Å². The zero-order valence-corrected chi connectivity index (χ0v) is 11.8. The lowest BCUT2D eigenvalue weighted by atomic mass is 10.0. The van der Waals surface area contributed by atoms with Gasteiger partial charge in [-0.2, -0.15) is 0 Å². The van der Waals surface area contributed by atoms with Crippen molar-refractivity contribution in [3.05, 3.63) is 29.0 Å². The minimum absolute atomic E-state index is 0.0580. The maximum Gasteiger partial charge on any atom is 0.305 e. The second-order valence-electron chi connectivity index (χ2n) is 4.87. The molecule has 7 heteroatoms. The van der Waals surface area contributed by atoms with Crippen molar-refractivity contribution in [3.8, 4) is 5.75 Å². The van der Waals surface area contributed by atoms with E-state index in [1.807, 2.05) is 0 Å². The number of carboxylic acids is 1. The number of aliphatic carboxylic acids is 1. The predicted molar refractivity (Wildman–Crippen MR) is 71.4 cm³/mol. The summed E-state index contributed by atoms with van der Waals surface area (Å²) in [5.41, 5.74) is -0.890. The smallest absolute Gasteiger partial charge is 0.305 e. The van der Waals surface area contributed by atoms with E-state index >= 15 is 0 Å². The Balaban J connectivity index is 2.53. The van der Waals surface area contributed by atoms with Gasteiger partial charge in [0.2, 0.25) is 0 Å². The van der Waals surface area contributed by atoms with Crippen molar-refractivity contribution in [1.82, 2.24) is 5.32 Å². The number of benzene rings is 1. The number of hydrogen-bond acceptors (Lipinski definition) is 3. The second kappa shape index (κ2) is 6.56. The number of nitrogens with one attached hydrogen (secondary N) is 1. The summed E-state index contributed by atoms with van der Waals surface area (Å²) in [4.78, 5) is 22.3. The number of rotatable bonds is 6. The summed E-state index contributed by atoms with van der Waals surface area (Å²) in [6.45, 7) is 2.84. The molecule has 0 saturated carbocycles. The van der Waals surface area contributed by atoms with Crippen LogP contribution in [0.4, 0.5) is 4.39 Å². The summed E-state index contributed by atoms with van der Waals surface area (Å²) < 4.78 is 18.0. The molecule has 20 heavy (non-hydrogen) atoms. The highest BCUT2D eigenvalue weighted by atomic mass is 35.5. The molecule has 1 rings (SSSR count). The SMILES string of the molecule is CC(C)(CC(=O)O)NC(=O)COc1ccc(F)cc1Cl. The van der Waals surface area contributed by atoms with E-state index in [1.165, 1.54) is 6.07 Å². The lowest BCUT2D eigenvalue weighted by Gasteiger charge is -2.24. The average Bonchev–Trinajstić information content (AvgIpc) is 2.24. The highest BCUT2D eigenvalue weighted by molar-refractivity contribution is 6.32. The van der Waals surface area contributed by atoms with Crippen molar-refractivity contribution in [2.24, 2.45) is 0 Å². The van der Waals surface area contributed by atoms with Gasteiger partial charge < -0.3 is 15.2 Å². The van der Waals surface area contributed by atoms with Crippen molar-refractivity contribution < 1.29 is 23.8 Å². The first-order valence-corrected chi connectivity index (χ1v) is 6.18. The van der Waals surface area contributed by atoms with Crippen molar-refractivity contribution in [1.29, 1.82) is 0 Å². The van der Waals surface area contributed by atoms with E-state index in [2.05, 4.69) is 5.32 Å². The number of carbonyl (C=O) groups is 2. The largest absolute Gasteiger partial charge is 0.482 e. The molecule has 0 aliphatic carbocycles. The standard InChI is InChI=1S/C13H15ClFNO4/c1-13(2,6-12(18)19)16-11(17)7-20-10-4-3-8(15)5-9(10)14/h3-5H,6-7H2,1-2H3,(H,16,17)(H,18,19). The second-order valence-corrected chi connectivity index (χ2v) is 5.27. The van der Waals surface area contributed by atoms with Crippen LogP contribution in [0.5, 0.6) is 5.75 Å². The number of halogens is 2. The van der Waals surface area contributed by atoms with Crippen molar-refractivity contribution in [2.75, 3.05) is 6.61 Å². The van der Waals surface area contributed by atoms with Gasteiger partial charge >= 0.3 is 5.97 Å². The van der Waals surface area contributed by atoms with Gasteiger partial charge in [0.15, 0.2) is 6.61 Å². The fourth-order valence-corrected chi connectivity index (χ4v) is 1.79. The molecule has 0 saturated heterocycles. The first kappa shape index (κ1) is 16.2. The quantitative estimate of drug-likeness (QED) is 0.845. The van der Waals surface area contributed by atoms with Gasteiger partial charge in [-0.1, -0.05) is 11.6 Å². The maximum atomic E-state index is 12.8. The molecule has 1 aromatic rings. The van der Waals surface area contributed by atoms with Crippen LogP contribution in [0.15, 0.2) is 18.2 Å². The minimum atomic E-state index is -1.02. The Labute approximate surface area is 120 Å². The molecule has 0 bridgehead atoms. The van der Waals surface area contributed by atoms with Gasteiger partial charge in [0.05, 0.1) is 11.4 Å². The fraction of sp³-hybridized carbons (Fsp3) is 0.385. The Hall–Kier alpha value is -1.82. The molecule has 0 aliphatic rings. The van der Waals surface area contributed by atoms with E-state index in [-0.39, 0.29) is 23.8 Å². The van der Waals surface area contributed by atoms with Crippen LogP contribution >= 0.6 is 11.6 Å². The van der Waals surface area contributed by atoms with Crippen LogP contribution in [-0.2, 0) is 9.59 Å². The van der Waals surface area contributed by atoms with Gasteiger partial charge in [-0.05, 0) is 32.0 Å². The molecular formula is C13H15ClFNO4. The highest BCUT2D eigenvalue weighted by Gasteiger charge is 2.24.